The summed E-state index contributed by atoms with van der Waals surface area (Å²) in [5.74, 6) is 0.0681. The summed E-state index contributed by atoms with van der Waals surface area (Å²) in [5.41, 5.74) is 2.20. The maximum atomic E-state index is 12.8. The van der Waals surface area contributed by atoms with E-state index in [2.05, 4.69) is 10.6 Å². The molecule has 2 aromatic carbocycles. The lowest BCUT2D eigenvalue weighted by Crippen LogP contribution is -2.16. The second-order valence-electron chi connectivity index (χ2n) is 5.03. The number of aryl methyl sites for hydroxylation is 1. The summed E-state index contributed by atoms with van der Waals surface area (Å²) in [6.07, 6.45) is 0.266. The molecule has 0 heterocycles. The van der Waals surface area contributed by atoms with Gasteiger partial charge in [0.1, 0.15) is 11.6 Å². The van der Waals surface area contributed by atoms with Gasteiger partial charge in [-0.1, -0.05) is 11.6 Å². The van der Waals surface area contributed by atoms with Crippen molar-refractivity contribution in [2.45, 2.75) is 13.3 Å². The Bertz CT molecular complexity index is 690. The minimum absolute atomic E-state index is 0.153. The smallest absolute Gasteiger partial charge is 0.226 e. The lowest BCUT2D eigenvalue weighted by Gasteiger charge is -2.12. The van der Waals surface area contributed by atoms with Crippen LogP contribution >= 0.6 is 11.6 Å². The van der Waals surface area contributed by atoms with E-state index >= 15 is 0 Å². The zero-order valence-corrected chi connectivity index (χ0v) is 13.7. The second kappa shape index (κ2) is 7.83. The third kappa shape index (κ3) is 4.86. The van der Waals surface area contributed by atoms with Crippen LogP contribution < -0.4 is 15.4 Å². The zero-order chi connectivity index (χ0) is 16.8. The number of carbonyl (C=O) groups excluding carboxylic acids is 1. The Morgan fingerprint density at radius 3 is 2.61 bits per heavy atom. The molecule has 0 aromatic heterocycles. The average Bonchev–Trinajstić information content (AvgIpc) is 2.52. The van der Waals surface area contributed by atoms with Crippen molar-refractivity contribution in [3.8, 4) is 5.75 Å². The number of carbonyl (C=O) groups is 1. The van der Waals surface area contributed by atoms with Crippen LogP contribution in [0.15, 0.2) is 36.4 Å². The highest BCUT2D eigenvalue weighted by Gasteiger charge is 2.10. The van der Waals surface area contributed by atoms with E-state index in [1.165, 1.54) is 19.2 Å². The first-order valence-electron chi connectivity index (χ1n) is 7.13. The van der Waals surface area contributed by atoms with Crippen molar-refractivity contribution in [3.05, 3.63) is 52.8 Å². The third-order valence-corrected chi connectivity index (χ3v) is 3.69. The molecule has 2 rings (SSSR count). The minimum Gasteiger partial charge on any atom is -0.495 e. The highest BCUT2D eigenvalue weighted by Crippen LogP contribution is 2.30. The molecule has 0 saturated carbocycles. The molecule has 1 amide bonds. The molecule has 122 valence electrons. The quantitative estimate of drug-likeness (QED) is 0.829. The molecule has 0 spiro atoms. The molecule has 0 atom stereocenters. The van der Waals surface area contributed by atoms with Gasteiger partial charge in [-0.25, -0.2) is 4.39 Å². The SMILES string of the molecule is COc1cc(Cl)c(C)cc1NC(=O)CCNc1ccc(F)cc1. The van der Waals surface area contributed by atoms with Gasteiger partial charge in [0.15, 0.2) is 0 Å². The van der Waals surface area contributed by atoms with Crippen LogP contribution in [0.25, 0.3) is 0 Å². The maximum absolute atomic E-state index is 12.8. The summed E-state index contributed by atoms with van der Waals surface area (Å²) >= 11 is 6.03. The Hall–Kier alpha value is -2.27. The molecule has 0 unspecified atom stereocenters. The predicted molar refractivity (Wildman–Crippen MR) is 90.9 cm³/mol. The minimum atomic E-state index is -0.293. The van der Waals surface area contributed by atoms with Crippen molar-refractivity contribution in [1.82, 2.24) is 0 Å². The van der Waals surface area contributed by atoms with Gasteiger partial charge < -0.3 is 15.4 Å². The second-order valence-corrected chi connectivity index (χ2v) is 5.44. The Labute approximate surface area is 139 Å². The van der Waals surface area contributed by atoms with E-state index in [9.17, 15) is 9.18 Å². The molecule has 0 aliphatic heterocycles. The van der Waals surface area contributed by atoms with E-state index in [-0.39, 0.29) is 18.1 Å². The number of anilines is 2. The number of amides is 1. The number of halogens is 2. The zero-order valence-electron chi connectivity index (χ0n) is 13.0. The Balaban J connectivity index is 1.89. The summed E-state index contributed by atoms with van der Waals surface area (Å²) in [6.45, 7) is 2.29. The fraction of sp³-hybridized carbons (Fsp3) is 0.235. The fourth-order valence-electron chi connectivity index (χ4n) is 2.03. The fourth-order valence-corrected chi connectivity index (χ4v) is 2.18. The molecule has 6 heteroatoms. The number of hydrogen-bond donors (Lipinski definition) is 2. The van der Waals surface area contributed by atoms with Crippen LogP contribution in [0.5, 0.6) is 5.75 Å². The van der Waals surface area contributed by atoms with Crippen LogP contribution in [0.4, 0.5) is 15.8 Å². The topological polar surface area (TPSA) is 50.4 Å². The summed E-state index contributed by atoms with van der Waals surface area (Å²) < 4.78 is 18.0. The molecule has 2 N–H and O–H groups in total. The summed E-state index contributed by atoms with van der Waals surface area (Å²) in [7, 11) is 1.52. The first kappa shape index (κ1) is 17.1. The number of rotatable bonds is 6. The maximum Gasteiger partial charge on any atom is 0.226 e. The van der Waals surface area contributed by atoms with Crippen molar-refractivity contribution in [3.63, 3.8) is 0 Å². The van der Waals surface area contributed by atoms with Gasteiger partial charge in [-0.3, -0.25) is 4.79 Å². The number of nitrogens with one attached hydrogen (secondary N) is 2. The lowest BCUT2D eigenvalue weighted by molar-refractivity contribution is -0.116. The van der Waals surface area contributed by atoms with Crippen molar-refractivity contribution in [1.29, 1.82) is 0 Å². The van der Waals surface area contributed by atoms with E-state index in [0.717, 1.165) is 11.3 Å². The van der Waals surface area contributed by atoms with Crippen LogP contribution in [0, 0.1) is 12.7 Å². The standard InChI is InChI=1S/C17H18ClFN2O2/c1-11-9-15(16(23-2)10-14(11)18)21-17(22)7-8-20-13-5-3-12(19)4-6-13/h3-6,9-10,20H,7-8H2,1-2H3,(H,21,22). The van der Waals surface area contributed by atoms with E-state index in [4.69, 9.17) is 16.3 Å². The van der Waals surface area contributed by atoms with Gasteiger partial charge >= 0.3 is 0 Å². The van der Waals surface area contributed by atoms with Gasteiger partial charge in [0.2, 0.25) is 5.91 Å². The van der Waals surface area contributed by atoms with E-state index in [1.807, 2.05) is 6.92 Å². The highest BCUT2D eigenvalue weighted by atomic mass is 35.5. The van der Waals surface area contributed by atoms with Gasteiger partial charge in [-0.15, -0.1) is 0 Å². The number of hydrogen-bond acceptors (Lipinski definition) is 3. The third-order valence-electron chi connectivity index (χ3n) is 3.28. The van der Waals surface area contributed by atoms with Crippen LogP contribution in [-0.2, 0) is 4.79 Å². The molecule has 0 radical (unpaired) electrons. The van der Waals surface area contributed by atoms with Crippen molar-refractivity contribution >= 4 is 28.9 Å². The average molecular weight is 337 g/mol. The largest absolute Gasteiger partial charge is 0.495 e. The van der Waals surface area contributed by atoms with E-state index in [0.29, 0.717) is 23.0 Å². The molecular formula is C17H18ClFN2O2. The van der Waals surface area contributed by atoms with Crippen LogP contribution in [0.3, 0.4) is 0 Å². The first-order valence-corrected chi connectivity index (χ1v) is 7.51. The van der Waals surface area contributed by atoms with Crippen LogP contribution in [0.1, 0.15) is 12.0 Å². The van der Waals surface area contributed by atoms with Crippen molar-refractivity contribution in [2.24, 2.45) is 0 Å². The van der Waals surface area contributed by atoms with Gasteiger partial charge in [-0.2, -0.15) is 0 Å². The van der Waals surface area contributed by atoms with Gasteiger partial charge in [-0.05, 0) is 42.8 Å². The van der Waals surface area contributed by atoms with Gasteiger partial charge in [0.05, 0.1) is 12.8 Å². The molecule has 2 aromatic rings. The van der Waals surface area contributed by atoms with Gasteiger partial charge in [0, 0.05) is 29.7 Å². The van der Waals surface area contributed by atoms with Crippen molar-refractivity contribution in [2.75, 3.05) is 24.3 Å². The van der Waals surface area contributed by atoms with Gasteiger partial charge in [0.25, 0.3) is 0 Å². The Kier molecular flexibility index (Phi) is 5.82. The summed E-state index contributed by atoms with van der Waals surface area (Å²) in [5, 5.41) is 6.44. The molecule has 4 nitrogen and oxygen atoms in total. The molecule has 0 fully saturated rings. The monoisotopic (exact) mass is 336 g/mol. The molecular weight excluding hydrogens is 319 g/mol. The van der Waals surface area contributed by atoms with E-state index in [1.54, 1.807) is 24.3 Å². The normalized spacial score (nSPS) is 10.3. The highest BCUT2D eigenvalue weighted by molar-refractivity contribution is 6.31. The summed E-state index contributed by atoms with van der Waals surface area (Å²) in [4.78, 5) is 12.0. The van der Waals surface area contributed by atoms with Crippen LogP contribution in [-0.4, -0.2) is 19.6 Å². The lowest BCUT2D eigenvalue weighted by atomic mass is 10.2. The van der Waals surface area contributed by atoms with E-state index < -0.39 is 0 Å². The molecule has 23 heavy (non-hydrogen) atoms. The summed E-state index contributed by atoms with van der Waals surface area (Å²) in [6, 6.07) is 9.42. The predicted octanol–water partition coefficient (Wildman–Crippen LogP) is 4.24. The first-order chi connectivity index (χ1) is 11.0. The molecule has 0 aliphatic carbocycles. The Morgan fingerprint density at radius 1 is 1.26 bits per heavy atom. The molecule has 0 saturated heterocycles. The van der Waals surface area contributed by atoms with Crippen molar-refractivity contribution < 1.29 is 13.9 Å². The number of methoxy groups -OCH3 is 1. The Morgan fingerprint density at radius 2 is 1.96 bits per heavy atom. The number of benzene rings is 2. The molecule has 0 aliphatic rings. The molecule has 0 bridgehead atoms. The number of ether oxygens (including phenoxy) is 1. The van der Waals surface area contributed by atoms with Crippen LogP contribution in [0.2, 0.25) is 5.02 Å².